The van der Waals surface area contributed by atoms with E-state index in [4.69, 9.17) is 17.0 Å². The summed E-state index contributed by atoms with van der Waals surface area (Å²) < 4.78 is 35.1. The highest BCUT2D eigenvalue weighted by molar-refractivity contribution is 5.89. The molecule has 1 aliphatic heterocycles. The van der Waals surface area contributed by atoms with Gasteiger partial charge in [0, 0.05) is 27.9 Å². The van der Waals surface area contributed by atoms with Crippen LogP contribution in [-0.4, -0.2) is 37.4 Å². The molecule has 5 fully saturated rings. The SMILES string of the molecule is [2H]C([2H])(C=O)C[C@@H](C)[C@H]1CCC2C3C(OC(=O)c4ccccc4)C[C@H]4CC5(CC[C@]4(C)C3CC[C@@]21C)OCCO5. The molecule has 1 spiro atoms. The molecule has 1 aromatic rings. The second kappa shape index (κ2) is 10.0. The Kier molecular flexibility index (Phi) is 6.37. The number of ether oxygens (including phenoxy) is 3. The third kappa shape index (κ3) is 4.27. The van der Waals surface area contributed by atoms with Crippen LogP contribution in [0.1, 0.15) is 98.0 Å². The summed E-state index contributed by atoms with van der Waals surface area (Å²) in [6.07, 6.45) is 6.84. The maximum atomic E-state index is 13.5. The van der Waals surface area contributed by atoms with E-state index in [0.29, 0.717) is 48.7 Å². The summed E-state index contributed by atoms with van der Waals surface area (Å²) in [5.41, 5.74) is 0.803. The lowest BCUT2D eigenvalue weighted by Gasteiger charge is -2.63. The van der Waals surface area contributed by atoms with Gasteiger partial charge in [0.1, 0.15) is 12.4 Å². The number of rotatable bonds is 6. The Morgan fingerprint density at radius 3 is 2.55 bits per heavy atom. The van der Waals surface area contributed by atoms with E-state index >= 15 is 0 Å². The van der Waals surface area contributed by atoms with Crippen molar-refractivity contribution >= 4 is 12.3 Å². The van der Waals surface area contributed by atoms with E-state index in [1.165, 1.54) is 0 Å². The molecule has 1 saturated heterocycles. The Morgan fingerprint density at radius 2 is 1.82 bits per heavy atom. The highest BCUT2D eigenvalue weighted by Crippen LogP contribution is 2.69. The number of esters is 1. The van der Waals surface area contributed by atoms with Crippen molar-refractivity contribution in [2.24, 2.45) is 46.3 Å². The topological polar surface area (TPSA) is 61.8 Å². The summed E-state index contributed by atoms with van der Waals surface area (Å²) in [5.74, 6) is 1.31. The molecule has 208 valence electrons. The third-order valence-corrected chi connectivity index (χ3v) is 12.0. The average molecular weight is 525 g/mol. The van der Waals surface area contributed by atoms with Crippen LogP contribution in [0.2, 0.25) is 0 Å². The molecule has 38 heavy (non-hydrogen) atoms. The molecule has 0 amide bonds. The van der Waals surface area contributed by atoms with Crippen LogP contribution in [-0.2, 0) is 19.0 Å². The number of fused-ring (bicyclic) bond motifs is 5. The maximum Gasteiger partial charge on any atom is 0.338 e. The summed E-state index contributed by atoms with van der Waals surface area (Å²) >= 11 is 0. The van der Waals surface area contributed by atoms with Crippen molar-refractivity contribution < 1.29 is 26.5 Å². The Morgan fingerprint density at radius 1 is 1.08 bits per heavy atom. The fraction of sp³-hybridized carbons (Fsp3) is 0.758. The zero-order chi connectivity index (χ0) is 28.3. The standard InChI is InChI=1S/C33H46O5/c1-22(8-7-17-34)25-11-12-26-29-27(13-14-32(25,26)3)31(2)15-16-33(36-18-19-37-33)21-24(31)20-28(29)38-30(35)23-9-5-4-6-10-23/h4-6,9-10,17,22,24-29H,7-8,11-16,18-21H2,1-3H3/t22-,24+,25-,26?,27?,28?,29?,31+,32-/m1/s1/i7D2. The van der Waals surface area contributed by atoms with E-state index in [2.05, 4.69) is 20.8 Å². The van der Waals surface area contributed by atoms with Crippen molar-refractivity contribution in [1.82, 2.24) is 0 Å². The summed E-state index contributed by atoms with van der Waals surface area (Å²) in [7, 11) is 0. The quantitative estimate of drug-likeness (QED) is 0.301. The van der Waals surface area contributed by atoms with Gasteiger partial charge in [-0.1, -0.05) is 39.0 Å². The maximum absolute atomic E-state index is 13.5. The van der Waals surface area contributed by atoms with Gasteiger partial charge < -0.3 is 19.0 Å². The van der Waals surface area contributed by atoms with Crippen molar-refractivity contribution in [2.75, 3.05) is 13.2 Å². The number of hydrogen-bond acceptors (Lipinski definition) is 5. The molecule has 4 aliphatic carbocycles. The van der Waals surface area contributed by atoms with Gasteiger partial charge in [0.25, 0.3) is 0 Å². The first-order chi connectivity index (χ1) is 19.0. The molecule has 5 aliphatic rings. The zero-order valence-corrected chi connectivity index (χ0v) is 23.3. The Hall–Kier alpha value is -1.72. The lowest BCUT2D eigenvalue weighted by molar-refractivity contribution is -0.242. The van der Waals surface area contributed by atoms with Crippen molar-refractivity contribution in [3.8, 4) is 0 Å². The second-order valence-corrected chi connectivity index (χ2v) is 13.6. The molecule has 0 N–H and O–H groups in total. The third-order valence-electron chi connectivity index (χ3n) is 12.0. The molecule has 1 aromatic carbocycles. The zero-order valence-electron chi connectivity index (χ0n) is 25.3. The first-order valence-corrected chi connectivity index (χ1v) is 15.0. The smallest absolute Gasteiger partial charge is 0.338 e. The predicted octanol–water partition coefficient (Wildman–Crippen LogP) is 6.84. The number of carbonyl (C=O) groups excluding carboxylic acids is 2. The van der Waals surface area contributed by atoms with Crippen LogP contribution in [0.5, 0.6) is 0 Å². The normalized spacial score (nSPS) is 43.2. The number of aldehydes is 1. The molecule has 5 heteroatoms. The van der Waals surface area contributed by atoms with E-state index in [1.807, 2.05) is 30.3 Å². The number of benzene rings is 1. The largest absolute Gasteiger partial charge is 0.458 e. The highest BCUT2D eigenvalue weighted by atomic mass is 16.7. The molecule has 0 bridgehead atoms. The minimum Gasteiger partial charge on any atom is -0.458 e. The monoisotopic (exact) mass is 524 g/mol. The van der Waals surface area contributed by atoms with Gasteiger partial charge in [0.15, 0.2) is 5.79 Å². The lowest BCUT2D eigenvalue weighted by atomic mass is 9.43. The molecule has 6 rings (SSSR count). The van der Waals surface area contributed by atoms with E-state index in [0.717, 1.165) is 51.4 Å². The minimum atomic E-state index is -1.78. The number of hydrogen-bond donors (Lipinski definition) is 0. The molecular weight excluding hydrogens is 476 g/mol. The van der Waals surface area contributed by atoms with Crippen molar-refractivity contribution in [3.63, 3.8) is 0 Å². The molecule has 0 aromatic heterocycles. The highest BCUT2D eigenvalue weighted by Gasteiger charge is 2.65. The van der Waals surface area contributed by atoms with Gasteiger partial charge in [0.05, 0.1) is 18.8 Å². The fourth-order valence-electron chi connectivity index (χ4n) is 10.2. The van der Waals surface area contributed by atoms with Crippen LogP contribution < -0.4 is 0 Å². The van der Waals surface area contributed by atoms with Crippen molar-refractivity contribution in [3.05, 3.63) is 35.9 Å². The van der Waals surface area contributed by atoms with Crippen LogP contribution in [0.3, 0.4) is 0 Å². The van der Waals surface area contributed by atoms with E-state index in [9.17, 15) is 9.59 Å². The molecule has 5 nitrogen and oxygen atoms in total. The van der Waals surface area contributed by atoms with Gasteiger partial charge in [-0.15, -0.1) is 0 Å². The lowest BCUT2D eigenvalue weighted by Crippen LogP contribution is -2.60. The molecule has 0 radical (unpaired) electrons. The summed E-state index contributed by atoms with van der Waals surface area (Å²) in [4.78, 5) is 24.9. The summed E-state index contributed by atoms with van der Waals surface area (Å²) in [5, 5.41) is 0. The number of carbonyl (C=O) groups is 2. The Balaban J connectivity index is 1.31. The molecular formula is C33H46O5. The molecule has 4 saturated carbocycles. The van der Waals surface area contributed by atoms with Gasteiger partial charge in [-0.3, -0.25) is 0 Å². The summed E-state index contributed by atoms with van der Waals surface area (Å²) in [6, 6.07) is 9.36. The van der Waals surface area contributed by atoms with Gasteiger partial charge in [0.2, 0.25) is 0 Å². The van der Waals surface area contributed by atoms with Crippen LogP contribution in [0.15, 0.2) is 30.3 Å². The van der Waals surface area contributed by atoms with Crippen LogP contribution >= 0.6 is 0 Å². The van der Waals surface area contributed by atoms with Gasteiger partial charge in [-0.2, -0.15) is 0 Å². The van der Waals surface area contributed by atoms with Crippen LogP contribution in [0.25, 0.3) is 0 Å². The second-order valence-electron chi connectivity index (χ2n) is 13.6. The molecule has 9 atom stereocenters. The first kappa shape index (κ1) is 24.1. The van der Waals surface area contributed by atoms with Crippen molar-refractivity contribution in [2.45, 2.75) is 96.8 Å². The Bertz CT molecular complexity index is 1100. The fourth-order valence-corrected chi connectivity index (χ4v) is 10.2. The van der Waals surface area contributed by atoms with Crippen LogP contribution in [0, 0.1) is 46.3 Å². The minimum absolute atomic E-state index is 0.0493. The van der Waals surface area contributed by atoms with E-state index in [1.54, 1.807) is 0 Å². The predicted molar refractivity (Wildman–Crippen MR) is 145 cm³/mol. The van der Waals surface area contributed by atoms with Gasteiger partial charge >= 0.3 is 5.97 Å². The average Bonchev–Trinajstić information content (AvgIpc) is 3.54. The summed E-state index contributed by atoms with van der Waals surface area (Å²) in [6.45, 7) is 8.36. The van der Waals surface area contributed by atoms with E-state index in [-0.39, 0.29) is 41.2 Å². The van der Waals surface area contributed by atoms with Gasteiger partial charge in [-0.25, -0.2) is 4.79 Å². The molecule has 4 unspecified atom stereocenters. The van der Waals surface area contributed by atoms with Crippen molar-refractivity contribution in [1.29, 1.82) is 0 Å². The van der Waals surface area contributed by atoms with E-state index < -0.39 is 12.2 Å². The van der Waals surface area contributed by atoms with Crippen LogP contribution in [0.4, 0.5) is 0 Å². The first-order valence-electron chi connectivity index (χ1n) is 16.0. The molecule has 1 heterocycles. The van der Waals surface area contributed by atoms with Gasteiger partial charge in [-0.05, 0) is 97.5 Å². The Labute approximate surface area is 231 Å².